The molecule has 1 N–H and O–H groups in total. The molecule has 4 heteroatoms. The number of nitrogens with one attached hydrogen (secondary N) is 1. The Morgan fingerprint density at radius 3 is 2.24 bits per heavy atom. The summed E-state index contributed by atoms with van der Waals surface area (Å²) in [5.41, 5.74) is 4.53. The number of anilines is 3. The second-order valence-electron chi connectivity index (χ2n) is 5.89. The lowest BCUT2D eigenvalue weighted by molar-refractivity contribution is 0.923. The fraction of sp³-hybridized carbons (Fsp3) is 0.412. The standard InChI is InChI=1S/C17H22N4/c1-12-8-13(2)10-15(9-12)19-17-18-14(3)11-16(20-17)21-6-4-5-7-21/h8-11H,4-7H2,1-3H3,(H,18,19,20). The lowest BCUT2D eigenvalue weighted by Gasteiger charge is -2.18. The van der Waals surface area contributed by atoms with Crippen molar-refractivity contribution >= 4 is 17.5 Å². The molecule has 1 aliphatic heterocycles. The van der Waals surface area contributed by atoms with Crippen LogP contribution in [0.1, 0.15) is 29.7 Å². The minimum Gasteiger partial charge on any atom is -0.356 e. The Bertz CT molecular complexity index is 625. The van der Waals surface area contributed by atoms with E-state index < -0.39 is 0 Å². The highest BCUT2D eigenvalue weighted by Gasteiger charge is 2.15. The van der Waals surface area contributed by atoms with Gasteiger partial charge in [-0.1, -0.05) is 6.07 Å². The first-order chi connectivity index (χ1) is 10.1. The normalized spacial score (nSPS) is 14.5. The number of hydrogen-bond donors (Lipinski definition) is 1. The smallest absolute Gasteiger partial charge is 0.229 e. The maximum absolute atomic E-state index is 4.67. The van der Waals surface area contributed by atoms with Crippen LogP contribution in [0.15, 0.2) is 24.3 Å². The van der Waals surface area contributed by atoms with Gasteiger partial charge >= 0.3 is 0 Å². The highest BCUT2D eigenvalue weighted by Crippen LogP contribution is 2.22. The highest BCUT2D eigenvalue weighted by molar-refractivity contribution is 5.58. The molecule has 0 bridgehead atoms. The Morgan fingerprint density at radius 2 is 1.57 bits per heavy atom. The SMILES string of the molecule is Cc1cc(C)cc(Nc2nc(C)cc(N3CCCC3)n2)c1. The molecule has 4 nitrogen and oxygen atoms in total. The summed E-state index contributed by atoms with van der Waals surface area (Å²) in [6.07, 6.45) is 2.51. The van der Waals surface area contributed by atoms with Gasteiger partial charge in [-0.2, -0.15) is 4.98 Å². The van der Waals surface area contributed by atoms with Crippen LogP contribution in [-0.2, 0) is 0 Å². The second-order valence-corrected chi connectivity index (χ2v) is 5.89. The summed E-state index contributed by atoms with van der Waals surface area (Å²) in [6.45, 7) is 8.42. The minimum atomic E-state index is 0.682. The zero-order valence-electron chi connectivity index (χ0n) is 13.0. The second kappa shape index (κ2) is 5.72. The van der Waals surface area contributed by atoms with Gasteiger partial charge in [0.1, 0.15) is 5.82 Å². The van der Waals surface area contributed by atoms with Gasteiger partial charge in [0.2, 0.25) is 5.95 Å². The van der Waals surface area contributed by atoms with E-state index in [0.29, 0.717) is 5.95 Å². The fourth-order valence-electron chi connectivity index (χ4n) is 2.89. The van der Waals surface area contributed by atoms with Crippen molar-refractivity contribution in [1.82, 2.24) is 9.97 Å². The number of rotatable bonds is 3. The average molecular weight is 282 g/mol. The number of benzene rings is 1. The van der Waals surface area contributed by atoms with E-state index in [4.69, 9.17) is 0 Å². The monoisotopic (exact) mass is 282 g/mol. The predicted molar refractivity (Wildman–Crippen MR) is 87.4 cm³/mol. The molecule has 21 heavy (non-hydrogen) atoms. The van der Waals surface area contributed by atoms with Crippen LogP contribution in [0.25, 0.3) is 0 Å². The molecule has 0 saturated carbocycles. The van der Waals surface area contributed by atoms with Crippen molar-refractivity contribution in [2.24, 2.45) is 0 Å². The Kier molecular flexibility index (Phi) is 3.78. The zero-order valence-corrected chi connectivity index (χ0v) is 13.0. The number of aromatic nitrogens is 2. The lowest BCUT2D eigenvalue weighted by Crippen LogP contribution is -2.19. The largest absolute Gasteiger partial charge is 0.356 e. The molecule has 1 fully saturated rings. The van der Waals surface area contributed by atoms with Crippen molar-refractivity contribution in [2.45, 2.75) is 33.6 Å². The number of aryl methyl sites for hydroxylation is 3. The first-order valence-corrected chi connectivity index (χ1v) is 7.56. The van der Waals surface area contributed by atoms with Crippen molar-refractivity contribution in [1.29, 1.82) is 0 Å². The maximum atomic E-state index is 4.67. The van der Waals surface area contributed by atoms with Crippen molar-refractivity contribution in [2.75, 3.05) is 23.3 Å². The van der Waals surface area contributed by atoms with Crippen LogP contribution >= 0.6 is 0 Å². The van der Waals surface area contributed by atoms with Crippen LogP contribution in [-0.4, -0.2) is 23.1 Å². The molecule has 1 aliphatic rings. The molecule has 0 unspecified atom stereocenters. The molecular formula is C17H22N4. The molecule has 1 aromatic heterocycles. The Hall–Kier alpha value is -2.10. The van der Waals surface area contributed by atoms with E-state index in [2.05, 4.69) is 58.3 Å². The molecule has 1 aromatic carbocycles. The zero-order chi connectivity index (χ0) is 14.8. The van der Waals surface area contributed by atoms with Gasteiger partial charge in [-0.05, 0) is 56.9 Å². The van der Waals surface area contributed by atoms with Gasteiger partial charge in [0, 0.05) is 30.5 Å². The van der Waals surface area contributed by atoms with Crippen LogP contribution < -0.4 is 10.2 Å². The van der Waals surface area contributed by atoms with E-state index in [1.54, 1.807) is 0 Å². The quantitative estimate of drug-likeness (QED) is 0.931. The maximum Gasteiger partial charge on any atom is 0.229 e. The van der Waals surface area contributed by atoms with Gasteiger partial charge < -0.3 is 10.2 Å². The molecule has 2 aromatic rings. The van der Waals surface area contributed by atoms with E-state index in [9.17, 15) is 0 Å². The molecule has 0 atom stereocenters. The van der Waals surface area contributed by atoms with Crippen molar-refractivity contribution in [3.05, 3.63) is 41.1 Å². The van der Waals surface area contributed by atoms with Crippen molar-refractivity contribution in [3.63, 3.8) is 0 Å². The fourth-order valence-corrected chi connectivity index (χ4v) is 2.89. The Morgan fingerprint density at radius 1 is 0.905 bits per heavy atom. The summed E-state index contributed by atoms with van der Waals surface area (Å²) in [5.74, 6) is 1.72. The summed E-state index contributed by atoms with van der Waals surface area (Å²) in [5, 5.41) is 3.34. The molecule has 110 valence electrons. The average Bonchev–Trinajstić information content (AvgIpc) is 2.90. The summed E-state index contributed by atoms with van der Waals surface area (Å²) < 4.78 is 0. The Labute approximate surface area is 126 Å². The molecule has 0 spiro atoms. The van der Waals surface area contributed by atoms with Crippen LogP contribution in [0.5, 0.6) is 0 Å². The van der Waals surface area contributed by atoms with E-state index >= 15 is 0 Å². The van der Waals surface area contributed by atoms with Crippen molar-refractivity contribution in [3.8, 4) is 0 Å². The topological polar surface area (TPSA) is 41.1 Å². The first kappa shape index (κ1) is 13.9. The molecule has 2 heterocycles. The molecule has 3 rings (SSSR count). The number of nitrogens with zero attached hydrogens (tertiary/aromatic N) is 3. The van der Waals surface area contributed by atoms with E-state index in [-0.39, 0.29) is 0 Å². The lowest BCUT2D eigenvalue weighted by atomic mass is 10.1. The third-order valence-electron chi connectivity index (χ3n) is 3.75. The summed E-state index contributed by atoms with van der Waals surface area (Å²) in [4.78, 5) is 11.5. The highest BCUT2D eigenvalue weighted by atomic mass is 15.2. The van der Waals surface area contributed by atoms with Crippen LogP contribution in [0.4, 0.5) is 17.5 Å². The molecule has 0 aliphatic carbocycles. The number of hydrogen-bond acceptors (Lipinski definition) is 4. The van der Waals surface area contributed by atoms with Gasteiger partial charge in [-0.25, -0.2) is 4.98 Å². The molecular weight excluding hydrogens is 260 g/mol. The van der Waals surface area contributed by atoms with E-state index in [1.165, 1.54) is 24.0 Å². The van der Waals surface area contributed by atoms with Crippen LogP contribution in [0, 0.1) is 20.8 Å². The van der Waals surface area contributed by atoms with Crippen molar-refractivity contribution < 1.29 is 0 Å². The first-order valence-electron chi connectivity index (χ1n) is 7.56. The minimum absolute atomic E-state index is 0.682. The van der Waals surface area contributed by atoms with Gasteiger partial charge in [-0.3, -0.25) is 0 Å². The van der Waals surface area contributed by atoms with Gasteiger partial charge in [0.05, 0.1) is 0 Å². The predicted octanol–water partition coefficient (Wildman–Crippen LogP) is 3.75. The van der Waals surface area contributed by atoms with Crippen LogP contribution in [0.3, 0.4) is 0 Å². The van der Waals surface area contributed by atoms with Gasteiger partial charge in [-0.15, -0.1) is 0 Å². The van der Waals surface area contributed by atoms with Gasteiger partial charge in [0.25, 0.3) is 0 Å². The van der Waals surface area contributed by atoms with Gasteiger partial charge in [0.15, 0.2) is 0 Å². The Balaban J connectivity index is 1.87. The third-order valence-corrected chi connectivity index (χ3v) is 3.75. The molecule has 0 amide bonds. The van der Waals surface area contributed by atoms with E-state index in [0.717, 1.165) is 30.3 Å². The molecule has 0 radical (unpaired) electrons. The summed E-state index contributed by atoms with van der Waals surface area (Å²) >= 11 is 0. The molecule has 1 saturated heterocycles. The summed E-state index contributed by atoms with van der Waals surface area (Å²) in [7, 11) is 0. The van der Waals surface area contributed by atoms with Crippen LogP contribution in [0.2, 0.25) is 0 Å². The van der Waals surface area contributed by atoms with E-state index in [1.807, 2.05) is 6.92 Å². The summed E-state index contributed by atoms with van der Waals surface area (Å²) in [6, 6.07) is 8.47. The third kappa shape index (κ3) is 3.32.